The molecule has 0 aliphatic heterocycles. The van der Waals surface area contributed by atoms with E-state index in [-0.39, 0.29) is 5.56 Å². The van der Waals surface area contributed by atoms with E-state index in [2.05, 4.69) is 16.4 Å². The van der Waals surface area contributed by atoms with E-state index < -0.39 is 24.4 Å². The Morgan fingerprint density at radius 1 is 1.06 bits per heavy atom. The smallest absolute Gasteiger partial charge is 0.338 e. The van der Waals surface area contributed by atoms with Gasteiger partial charge < -0.3 is 15.8 Å². The van der Waals surface area contributed by atoms with Gasteiger partial charge in [-0.05, 0) is 41.3 Å². The summed E-state index contributed by atoms with van der Waals surface area (Å²) in [6, 6.07) is 16.6. The van der Waals surface area contributed by atoms with Crippen LogP contribution in [0, 0.1) is 0 Å². The summed E-state index contributed by atoms with van der Waals surface area (Å²) in [5.74, 6) is -1.07. The van der Waals surface area contributed by atoms with Gasteiger partial charge in [0, 0.05) is 5.75 Å². The number of amides is 2. The zero-order valence-electron chi connectivity index (χ0n) is 16.6. The minimum Gasteiger partial charge on any atom is -0.452 e. The number of esters is 1. The minimum absolute atomic E-state index is 0.217. The van der Waals surface area contributed by atoms with Crippen molar-refractivity contribution < 1.29 is 19.1 Å². The number of nitrogens with zero attached hydrogens (tertiary/aromatic N) is 1. The van der Waals surface area contributed by atoms with Crippen molar-refractivity contribution in [2.75, 3.05) is 11.9 Å². The number of anilines is 1. The Balaban J connectivity index is 1.27. The minimum atomic E-state index is -0.639. The van der Waals surface area contributed by atoms with Crippen molar-refractivity contribution in [2.45, 2.75) is 10.1 Å². The van der Waals surface area contributed by atoms with Gasteiger partial charge in [0.15, 0.2) is 10.9 Å². The van der Waals surface area contributed by atoms with Crippen LogP contribution >= 0.6 is 34.4 Å². The first kappa shape index (κ1) is 22.0. The molecule has 162 valence electrons. The second-order valence-corrected chi connectivity index (χ2v) is 9.75. The molecule has 32 heavy (non-hydrogen) atoms. The molecule has 2 amide bonds. The molecular formula is C22H17N3O4S3. The Hall–Kier alpha value is -3.21. The highest BCUT2D eigenvalue weighted by atomic mass is 32.2. The first-order valence-corrected chi connectivity index (χ1v) is 12.1. The van der Waals surface area contributed by atoms with E-state index in [0.717, 1.165) is 37.2 Å². The van der Waals surface area contributed by atoms with E-state index in [1.54, 1.807) is 40.6 Å². The van der Waals surface area contributed by atoms with Gasteiger partial charge in [-0.3, -0.25) is 9.59 Å². The van der Waals surface area contributed by atoms with Crippen LogP contribution in [0.15, 0.2) is 64.3 Å². The van der Waals surface area contributed by atoms with Gasteiger partial charge in [-0.15, -0.1) is 22.7 Å². The van der Waals surface area contributed by atoms with E-state index in [1.165, 1.54) is 6.07 Å². The summed E-state index contributed by atoms with van der Waals surface area (Å²) in [5.41, 5.74) is 7.84. The number of thioether (sulfide) groups is 1. The van der Waals surface area contributed by atoms with Gasteiger partial charge in [0.2, 0.25) is 0 Å². The lowest BCUT2D eigenvalue weighted by atomic mass is 10.1. The first-order valence-electron chi connectivity index (χ1n) is 9.41. The van der Waals surface area contributed by atoms with Gasteiger partial charge in [-0.2, -0.15) is 0 Å². The Kier molecular flexibility index (Phi) is 6.84. The number of carbonyl (C=O) groups is 3. The topological polar surface area (TPSA) is 111 Å². The van der Waals surface area contributed by atoms with E-state index in [0.29, 0.717) is 10.6 Å². The first-order chi connectivity index (χ1) is 15.5. The van der Waals surface area contributed by atoms with Crippen LogP contribution in [0.4, 0.5) is 5.00 Å². The Bertz CT molecular complexity index is 1250. The van der Waals surface area contributed by atoms with E-state index >= 15 is 0 Å². The van der Waals surface area contributed by atoms with Crippen molar-refractivity contribution >= 4 is 67.4 Å². The molecule has 2 heterocycles. The zero-order valence-corrected chi connectivity index (χ0v) is 19.0. The van der Waals surface area contributed by atoms with Crippen LogP contribution in [0.25, 0.3) is 10.2 Å². The maximum Gasteiger partial charge on any atom is 0.338 e. The highest BCUT2D eigenvalue weighted by Gasteiger charge is 2.15. The second-order valence-electron chi connectivity index (χ2n) is 6.59. The van der Waals surface area contributed by atoms with Crippen LogP contribution in [0.1, 0.15) is 26.3 Å². The number of rotatable bonds is 8. The molecule has 0 aliphatic rings. The van der Waals surface area contributed by atoms with Crippen LogP contribution in [-0.2, 0) is 15.3 Å². The van der Waals surface area contributed by atoms with Crippen LogP contribution in [-0.4, -0.2) is 29.4 Å². The highest BCUT2D eigenvalue weighted by molar-refractivity contribution is 8.00. The molecule has 0 spiro atoms. The third kappa shape index (κ3) is 5.34. The van der Waals surface area contributed by atoms with Gasteiger partial charge >= 0.3 is 5.97 Å². The highest BCUT2D eigenvalue weighted by Crippen LogP contribution is 2.31. The lowest BCUT2D eigenvalue weighted by molar-refractivity contribution is -0.119. The van der Waals surface area contributed by atoms with Gasteiger partial charge in [0.25, 0.3) is 11.8 Å². The number of aromatic nitrogens is 1. The van der Waals surface area contributed by atoms with Crippen molar-refractivity contribution in [1.82, 2.24) is 4.98 Å². The normalized spacial score (nSPS) is 10.8. The number of fused-ring (bicyclic) bond motifs is 1. The standard InChI is InChI=1S/C22H17N3O4S3/c23-19(27)15-9-10-30-20(15)25-18(26)11-29-21(28)14-7-5-13(6-8-14)12-31-22-24-16-3-1-2-4-17(16)32-22/h1-10H,11-12H2,(H2,23,27)(H,25,26). The monoisotopic (exact) mass is 483 g/mol. The van der Waals surface area contributed by atoms with Crippen LogP contribution < -0.4 is 11.1 Å². The molecule has 2 aromatic carbocycles. The van der Waals surface area contributed by atoms with E-state index in [9.17, 15) is 14.4 Å². The van der Waals surface area contributed by atoms with Gasteiger partial charge in [0.05, 0.1) is 21.3 Å². The number of primary amides is 1. The Labute approximate surface area is 195 Å². The van der Waals surface area contributed by atoms with Gasteiger partial charge in [0.1, 0.15) is 5.00 Å². The third-order valence-corrected chi connectivity index (χ3v) is 7.42. The number of hydrogen-bond donors (Lipinski definition) is 2. The fourth-order valence-corrected chi connectivity index (χ4v) is 5.61. The number of carbonyl (C=O) groups excluding carboxylic acids is 3. The summed E-state index contributed by atoms with van der Waals surface area (Å²) in [5, 5.41) is 4.49. The molecule has 4 rings (SSSR count). The van der Waals surface area contributed by atoms with Gasteiger partial charge in [-0.25, -0.2) is 9.78 Å². The Morgan fingerprint density at radius 3 is 2.59 bits per heavy atom. The van der Waals surface area contributed by atoms with Crippen molar-refractivity contribution in [3.63, 3.8) is 0 Å². The average Bonchev–Trinajstić information content (AvgIpc) is 3.43. The maximum atomic E-state index is 12.2. The fraction of sp³-hybridized carbons (Fsp3) is 0.0909. The number of para-hydroxylation sites is 1. The summed E-state index contributed by atoms with van der Waals surface area (Å²) < 4.78 is 7.21. The van der Waals surface area contributed by atoms with Crippen LogP contribution in [0.5, 0.6) is 0 Å². The second kappa shape index (κ2) is 9.94. The summed E-state index contributed by atoms with van der Waals surface area (Å²) in [6.07, 6.45) is 0. The zero-order chi connectivity index (χ0) is 22.5. The molecule has 10 heteroatoms. The number of hydrogen-bond acceptors (Lipinski definition) is 8. The molecule has 7 nitrogen and oxygen atoms in total. The summed E-state index contributed by atoms with van der Waals surface area (Å²) >= 11 is 4.45. The predicted octanol–water partition coefficient (Wildman–Crippen LogP) is 4.54. The molecule has 3 N–H and O–H groups in total. The molecule has 0 atom stereocenters. The molecule has 2 aromatic heterocycles. The number of thiophene rings is 1. The molecule has 0 saturated carbocycles. The average molecular weight is 484 g/mol. The molecule has 0 radical (unpaired) electrons. The van der Waals surface area contributed by atoms with Crippen molar-refractivity contribution in [2.24, 2.45) is 5.73 Å². The molecule has 0 fully saturated rings. The number of ether oxygens (including phenoxy) is 1. The molecular weight excluding hydrogens is 466 g/mol. The molecule has 0 unspecified atom stereocenters. The summed E-state index contributed by atoms with van der Waals surface area (Å²) in [7, 11) is 0. The van der Waals surface area contributed by atoms with Crippen LogP contribution in [0.3, 0.4) is 0 Å². The number of nitrogens with two attached hydrogens (primary N) is 1. The van der Waals surface area contributed by atoms with Crippen molar-refractivity contribution in [3.8, 4) is 0 Å². The maximum absolute atomic E-state index is 12.2. The van der Waals surface area contributed by atoms with Crippen LogP contribution in [0.2, 0.25) is 0 Å². The number of thiazole rings is 1. The SMILES string of the molecule is NC(=O)c1ccsc1NC(=O)COC(=O)c1ccc(CSc2nc3ccccc3s2)cc1. The summed E-state index contributed by atoms with van der Waals surface area (Å²) in [6.45, 7) is -0.468. The largest absolute Gasteiger partial charge is 0.452 e. The number of nitrogens with one attached hydrogen (secondary N) is 1. The fourth-order valence-electron chi connectivity index (χ4n) is 2.77. The third-order valence-electron chi connectivity index (χ3n) is 4.34. The molecule has 0 aliphatic carbocycles. The van der Waals surface area contributed by atoms with E-state index in [4.69, 9.17) is 10.5 Å². The quantitative estimate of drug-likeness (QED) is 0.281. The van der Waals surface area contributed by atoms with Crippen molar-refractivity contribution in [3.05, 3.63) is 76.7 Å². The predicted molar refractivity (Wildman–Crippen MR) is 127 cm³/mol. The lowest BCUT2D eigenvalue weighted by Crippen LogP contribution is -2.22. The Morgan fingerprint density at radius 2 is 1.84 bits per heavy atom. The summed E-state index contributed by atoms with van der Waals surface area (Å²) in [4.78, 5) is 40.1. The van der Waals surface area contributed by atoms with E-state index in [1.807, 2.05) is 30.3 Å². The lowest BCUT2D eigenvalue weighted by Gasteiger charge is -2.07. The molecule has 4 aromatic rings. The molecule has 0 saturated heterocycles. The van der Waals surface area contributed by atoms with Crippen molar-refractivity contribution in [1.29, 1.82) is 0 Å². The molecule has 0 bridgehead atoms. The van der Waals surface area contributed by atoms with Gasteiger partial charge in [-0.1, -0.05) is 36.0 Å². The number of benzene rings is 2.